The molecule has 0 amide bonds. The second-order valence-electron chi connectivity index (χ2n) is 4.11. The Bertz CT molecular complexity index is 642. The van der Waals surface area contributed by atoms with E-state index in [9.17, 15) is 10.1 Å². The third-order valence-corrected chi connectivity index (χ3v) is 3.17. The molecule has 3 N–H and O–H groups in total. The molecule has 0 saturated carbocycles. The minimum absolute atomic E-state index is 0.0963. The summed E-state index contributed by atoms with van der Waals surface area (Å²) in [5.74, 6) is 0.702. The van der Waals surface area contributed by atoms with Crippen LogP contribution >= 0.6 is 15.9 Å². The maximum absolute atomic E-state index is 10.9. The number of nitro groups is 1. The summed E-state index contributed by atoms with van der Waals surface area (Å²) in [6, 6.07) is 6.53. The number of rotatable bonds is 4. The van der Waals surface area contributed by atoms with Crippen molar-refractivity contribution in [3.05, 3.63) is 50.1 Å². The third-order valence-electron chi connectivity index (χ3n) is 2.77. The van der Waals surface area contributed by atoms with E-state index in [2.05, 4.69) is 31.2 Å². The molecular weight excluding hydrogens is 326 g/mol. The molecule has 20 heavy (non-hydrogen) atoms. The molecule has 1 aromatic carbocycles. The molecule has 0 saturated heterocycles. The van der Waals surface area contributed by atoms with Crippen LogP contribution < -0.4 is 11.1 Å². The number of nitrogens with two attached hydrogens (primary N) is 1. The first kappa shape index (κ1) is 14.2. The normalized spacial score (nSPS) is 10.3. The van der Waals surface area contributed by atoms with E-state index >= 15 is 0 Å². The SMILES string of the molecule is Cc1c(CNc2nc(N)cc(Br)n2)cccc1[N+](=O)[O-]. The predicted molar refractivity (Wildman–Crippen MR) is 79.3 cm³/mol. The van der Waals surface area contributed by atoms with Gasteiger partial charge < -0.3 is 11.1 Å². The van der Waals surface area contributed by atoms with Crippen LogP contribution in [0.15, 0.2) is 28.9 Å². The molecule has 0 spiro atoms. The summed E-state index contributed by atoms with van der Waals surface area (Å²) in [6.07, 6.45) is 0. The van der Waals surface area contributed by atoms with Crippen molar-refractivity contribution in [1.82, 2.24) is 9.97 Å². The van der Waals surface area contributed by atoms with E-state index in [1.165, 1.54) is 6.07 Å². The molecule has 0 aliphatic carbocycles. The van der Waals surface area contributed by atoms with Crippen molar-refractivity contribution >= 4 is 33.4 Å². The van der Waals surface area contributed by atoms with Crippen molar-refractivity contribution < 1.29 is 4.92 Å². The first-order valence-corrected chi connectivity index (χ1v) is 6.53. The number of anilines is 2. The summed E-state index contributed by atoms with van der Waals surface area (Å²) in [4.78, 5) is 18.6. The summed E-state index contributed by atoms with van der Waals surface area (Å²) in [7, 11) is 0. The van der Waals surface area contributed by atoms with Gasteiger partial charge in [0.05, 0.1) is 4.92 Å². The lowest BCUT2D eigenvalue weighted by Gasteiger charge is -2.08. The van der Waals surface area contributed by atoms with Crippen molar-refractivity contribution in [3.8, 4) is 0 Å². The average Bonchev–Trinajstić information content (AvgIpc) is 2.36. The Morgan fingerprint density at radius 2 is 2.20 bits per heavy atom. The Labute approximate surface area is 123 Å². The van der Waals surface area contributed by atoms with Gasteiger partial charge in [0.2, 0.25) is 5.95 Å². The zero-order valence-electron chi connectivity index (χ0n) is 10.6. The maximum atomic E-state index is 10.9. The molecular formula is C12H12BrN5O2. The Morgan fingerprint density at radius 1 is 1.45 bits per heavy atom. The monoisotopic (exact) mass is 337 g/mol. The fourth-order valence-electron chi connectivity index (χ4n) is 1.75. The van der Waals surface area contributed by atoms with Crippen molar-refractivity contribution in [2.24, 2.45) is 0 Å². The van der Waals surface area contributed by atoms with E-state index < -0.39 is 4.92 Å². The molecule has 8 heteroatoms. The number of nitro benzene ring substituents is 1. The Kier molecular flexibility index (Phi) is 4.14. The fraction of sp³-hybridized carbons (Fsp3) is 0.167. The number of benzene rings is 1. The summed E-state index contributed by atoms with van der Waals surface area (Å²) in [5, 5.41) is 13.9. The first-order chi connectivity index (χ1) is 9.47. The second kappa shape index (κ2) is 5.83. The van der Waals surface area contributed by atoms with Gasteiger partial charge in [-0.2, -0.15) is 4.98 Å². The second-order valence-corrected chi connectivity index (χ2v) is 4.92. The van der Waals surface area contributed by atoms with Gasteiger partial charge >= 0.3 is 0 Å². The molecule has 7 nitrogen and oxygen atoms in total. The van der Waals surface area contributed by atoms with E-state index in [-0.39, 0.29) is 5.69 Å². The van der Waals surface area contributed by atoms with Gasteiger partial charge in [0, 0.05) is 24.2 Å². The average molecular weight is 338 g/mol. The Balaban J connectivity index is 2.19. The summed E-state index contributed by atoms with van der Waals surface area (Å²) in [6.45, 7) is 2.09. The molecule has 0 unspecified atom stereocenters. The van der Waals surface area contributed by atoms with Gasteiger partial charge in [0.15, 0.2) is 0 Å². The maximum Gasteiger partial charge on any atom is 0.272 e. The van der Waals surface area contributed by atoms with Crippen LogP contribution in [-0.2, 0) is 6.54 Å². The summed E-state index contributed by atoms with van der Waals surface area (Å²) in [5.41, 5.74) is 7.13. The molecule has 104 valence electrons. The third kappa shape index (κ3) is 3.21. The quantitative estimate of drug-likeness (QED) is 0.504. The van der Waals surface area contributed by atoms with Gasteiger partial charge in [0.25, 0.3) is 5.69 Å². The van der Waals surface area contributed by atoms with Gasteiger partial charge in [-0.05, 0) is 28.4 Å². The molecule has 0 aliphatic rings. The molecule has 2 rings (SSSR count). The van der Waals surface area contributed by atoms with E-state index in [1.807, 2.05) is 6.07 Å². The van der Waals surface area contributed by atoms with Crippen LogP contribution in [0.1, 0.15) is 11.1 Å². The van der Waals surface area contributed by atoms with Gasteiger partial charge in [-0.15, -0.1) is 0 Å². The highest BCUT2D eigenvalue weighted by atomic mass is 79.9. The molecule has 1 aromatic heterocycles. The minimum atomic E-state index is -0.396. The topological polar surface area (TPSA) is 107 Å². The molecule has 0 atom stereocenters. The number of hydrogen-bond acceptors (Lipinski definition) is 6. The van der Waals surface area contributed by atoms with E-state index in [4.69, 9.17) is 5.73 Å². The van der Waals surface area contributed by atoms with E-state index in [0.717, 1.165) is 5.56 Å². The lowest BCUT2D eigenvalue weighted by molar-refractivity contribution is -0.385. The van der Waals surface area contributed by atoms with Crippen LogP contribution in [0, 0.1) is 17.0 Å². The largest absolute Gasteiger partial charge is 0.383 e. The van der Waals surface area contributed by atoms with Crippen molar-refractivity contribution in [2.75, 3.05) is 11.1 Å². The van der Waals surface area contributed by atoms with Crippen LogP contribution in [0.5, 0.6) is 0 Å². The smallest absolute Gasteiger partial charge is 0.272 e. The summed E-state index contributed by atoms with van der Waals surface area (Å²) < 4.78 is 0.572. The van der Waals surface area contributed by atoms with Crippen LogP contribution in [0.4, 0.5) is 17.5 Å². The lowest BCUT2D eigenvalue weighted by Crippen LogP contribution is -2.07. The number of nitrogens with zero attached hydrogens (tertiary/aromatic N) is 3. The predicted octanol–water partition coefficient (Wildman–Crippen LogP) is 2.65. The van der Waals surface area contributed by atoms with Gasteiger partial charge in [-0.25, -0.2) is 4.98 Å². The summed E-state index contributed by atoms with van der Waals surface area (Å²) >= 11 is 3.22. The highest BCUT2D eigenvalue weighted by Crippen LogP contribution is 2.22. The van der Waals surface area contributed by atoms with Gasteiger partial charge in [-0.3, -0.25) is 10.1 Å². The van der Waals surface area contributed by atoms with Crippen LogP contribution in [0.2, 0.25) is 0 Å². The van der Waals surface area contributed by atoms with E-state index in [1.54, 1.807) is 19.1 Å². The lowest BCUT2D eigenvalue weighted by atomic mass is 10.1. The highest BCUT2D eigenvalue weighted by molar-refractivity contribution is 9.10. The standard InChI is InChI=1S/C12H12BrN5O2/c1-7-8(3-2-4-9(7)18(19)20)6-15-12-16-10(13)5-11(14)17-12/h2-5H,6H2,1H3,(H3,14,15,16,17). The number of aromatic nitrogens is 2. The van der Waals surface area contributed by atoms with Crippen molar-refractivity contribution in [2.45, 2.75) is 13.5 Å². The van der Waals surface area contributed by atoms with Gasteiger partial charge in [-0.1, -0.05) is 12.1 Å². The number of nitrogen functional groups attached to an aromatic ring is 1. The Hall–Kier alpha value is -2.22. The van der Waals surface area contributed by atoms with Crippen LogP contribution in [0.3, 0.4) is 0 Å². The molecule has 0 radical (unpaired) electrons. The van der Waals surface area contributed by atoms with Crippen LogP contribution in [-0.4, -0.2) is 14.9 Å². The molecule has 1 heterocycles. The fourth-order valence-corrected chi connectivity index (χ4v) is 2.15. The molecule has 0 fully saturated rings. The van der Waals surface area contributed by atoms with Crippen molar-refractivity contribution in [3.63, 3.8) is 0 Å². The van der Waals surface area contributed by atoms with Crippen LogP contribution in [0.25, 0.3) is 0 Å². The van der Waals surface area contributed by atoms with Crippen molar-refractivity contribution in [1.29, 1.82) is 0 Å². The zero-order valence-corrected chi connectivity index (χ0v) is 12.2. The van der Waals surface area contributed by atoms with Gasteiger partial charge in [0.1, 0.15) is 10.4 Å². The highest BCUT2D eigenvalue weighted by Gasteiger charge is 2.13. The number of halogens is 1. The zero-order chi connectivity index (χ0) is 14.7. The Morgan fingerprint density at radius 3 is 2.85 bits per heavy atom. The molecule has 2 aromatic rings. The van der Waals surface area contributed by atoms with E-state index in [0.29, 0.717) is 28.5 Å². The number of nitrogens with one attached hydrogen (secondary N) is 1. The number of hydrogen-bond donors (Lipinski definition) is 2. The first-order valence-electron chi connectivity index (χ1n) is 5.74. The molecule has 0 bridgehead atoms. The molecule has 0 aliphatic heterocycles. The minimum Gasteiger partial charge on any atom is -0.383 e.